The average Bonchev–Trinajstić information content (AvgIpc) is 2.47. The van der Waals surface area contributed by atoms with E-state index in [4.69, 9.17) is 4.74 Å². The number of pyridine rings is 3. The Balaban J connectivity index is 1.94. The molecule has 0 fully saturated rings. The molecule has 0 aliphatic rings. The molecule has 0 amide bonds. The second kappa shape index (κ2) is 5.25. The molecule has 0 saturated carbocycles. The standard InChI is InChI=1S/C16H15N3O/c1-11(2)20-16-6-4-13(10-18-16)14-5-3-12-9-17-8-7-15(12)19-14/h3-11H,1-2H3. The summed E-state index contributed by atoms with van der Waals surface area (Å²) >= 11 is 0. The molecule has 0 aromatic carbocycles. The van der Waals surface area contributed by atoms with Crippen LogP contribution in [0.15, 0.2) is 48.9 Å². The summed E-state index contributed by atoms with van der Waals surface area (Å²) in [5, 5.41) is 1.03. The average molecular weight is 265 g/mol. The molecule has 0 unspecified atom stereocenters. The Hall–Kier alpha value is -2.49. The van der Waals surface area contributed by atoms with Crippen LogP contribution in [0, 0.1) is 0 Å². The first kappa shape index (κ1) is 12.5. The molecule has 100 valence electrons. The monoisotopic (exact) mass is 265 g/mol. The highest BCUT2D eigenvalue weighted by Crippen LogP contribution is 2.21. The van der Waals surface area contributed by atoms with Gasteiger partial charge in [-0.25, -0.2) is 9.97 Å². The smallest absolute Gasteiger partial charge is 0.213 e. The van der Waals surface area contributed by atoms with E-state index < -0.39 is 0 Å². The highest BCUT2D eigenvalue weighted by Gasteiger charge is 2.04. The van der Waals surface area contributed by atoms with Crippen molar-refractivity contribution in [2.45, 2.75) is 20.0 Å². The van der Waals surface area contributed by atoms with Crippen molar-refractivity contribution in [1.29, 1.82) is 0 Å². The Bertz CT molecular complexity index is 723. The minimum absolute atomic E-state index is 0.125. The zero-order chi connectivity index (χ0) is 13.9. The van der Waals surface area contributed by atoms with Crippen LogP contribution in [0.2, 0.25) is 0 Å². The maximum absolute atomic E-state index is 5.54. The van der Waals surface area contributed by atoms with E-state index in [0.717, 1.165) is 22.2 Å². The summed E-state index contributed by atoms with van der Waals surface area (Å²) in [5.41, 5.74) is 2.80. The molecule has 0 bridgehead atoms. The van der Waals surface area contributed by atoms with Crippen LogP contribution in [0.3, 0.4) is 0 Å². The molecule has 0 spiro atoms. The first-order valence-electron chi connectivity index (χ1n) is 6.56. The largest absolute Gasteiger partial charge is 0.475 e. The number of fused-ring (bicyclic) bond motifs is 1. The molecule has 0 N–H and O–H groups in total. The lowest BCUT2D eigenvalue weighted by molar-refractivity contribution is 0.232. The summed E-state index contributed by atoms with van der Waals surface area (Å²) in [7, 11) is 0. The molecular weight excluding hydrogens is 250 g/mol. The summed E-state index contributed by atoms with van der Waals surface area (Å²) in [5.74, 6) is 0.633. The summed E-state index contributed by atoms with van der Waals surface area (Å²) in [6.45, 7) is 3.96. The number of nitrogens with zero attached hydrogens (tertiary/aromatic N) is 3. The summed E-state index contributed by atoms with van der Waals surface area (Å²) < 4.78 is 5.54. The quantitative estimate of drug-likeness (QED) is 0.727. The van der Waals surface area contributed by atoms with Gasteiger partial charge in [0.2, 0.25) is 5.88 Å². The molecule has 0 radical (unpaired) electrons. The third-order valence-electron chi connectivity index (χ3n) is 2.88. The van der Waals surface area contributed by atoms with Crippen molar-refractivity contribution >= 4 is 10.9 Å². The molecular formula is C16H15N3O. The number of hydrogen-bond donors (Lipinski definition) is 0. The number of rotatable bonds is 3. The second-order valence-electron chi connectivity index (χ2n) is 4.82. The van der Waals surface area contributed by atoms with Gasteiger partial charge in [0.1, 0.15) is 0 Å². The topological polar surface area (TPSA) is 47.9 Å². The summed E-state index contributed by atoms with van der Waals surface area (Å²) in [6.07, 6.45) is 5.47. The molecule has 3 aromatic heterocycles. The lowest BCUT2D eigenvalue weighted by atomic mass is 10.1. The second-order valence-corrected chi connectivity index (χ2v) is 4.82. The number of aromatic nitrogens is 3. The van der Waals surface area contributed by atoms with Gasteiger partial charge in [-0.2, -0.15) is 0 Å². The first-order valence-corrected chi connectivity index (χ1v) is 6.56. The summed E-state index contributed by atoms with van der Waals surface area (Å²) in [4.78, 5) is 13.0. The van der Waals surface area contributed by atoms with Crippen molar-refractivity contribution in [2.75, 3.05) is 0 Å². The Morgan fingerprint density at radius 3 is 2.65 bits per heavy atom. The van der Waals surface area contributed by atoms with Gasteiger partial charge < -0.3 is 4.74 Å². The fourth-order valence-electron chi connectivity index (χ4n) is 1.97. The molecule has 3 heterocycles. The van der Waals surface area contributed by atoms with Crippen molar-refractivity contribution in [3.05, 3.63) is 48.9 Å². The van der Waals surface area contributed by atoms with Crippen molar-refractivity contribution in [1.82, 2.24) is 15.0 Å². The van der Waals surface area contributed by atoms with E-state index in [1.54, 1.807) is 12.4 Å². The van der Waals surface area contributed by atoms with Crippen LogP contribution in [0.4, 0.5) is 0 Å². The van der Waals surface area contributed by atoms with E-state index in [-0.39, 0.29) is 6.10 Å². The van der Waals surface area contributed by atoms with E-state index >= 15 is 0 Å². The van der Waals surface area contributed by atoms with Gasteiger partial charge in [-0.05, 0) is 38.1 Å². The van der Waals surface area contributed by atoms with Crippen LogP contribution in [0.25, 0.3) is 22.2 Å². The Morgan fingerprint density at radius 1 is 1.00 bits per heavy atom. The van der Waals surface area contributed by atoms with E-state index in [0.29, 0.717) is 5.88 Å². The van der Waals surface area contributed by atoms with Crippen LogP contribution in [0.5, 0.6) is 5.88 Å². The van der Waals surface area contributed by atoms with E-state index in [2.05, 4.69) is 15.0 Å². The number of ether oxygens (including phenoxy) is 1. The zero-order valence-electron chi connectivity index (χ0n) is 11.4. The molecule has 20 heavy (non-hydrogen) atoms. The van der Waals surface area contributed by atoms with Crippen LogP contribution in [-0.2, 0) is 0 Å². The predicted molar refractivity (Wildman–Crippen MR) is 78.5 cm³/mol. The highest BCUT2D eigenvalue weighted by molar-refractivity contribution is 5.80. The molecule has 4 heteroatoms. The molecule has 0 saturated heterocycles. The van der Waals surface area contributed by atoms with Gasteiger partial charge in [-0.1, -0.05) is 0 Å². The van der Waals surface area contributed by atoms with Gasteiger partial charge in [0.05, 0.1) is 17.3 Å². The van der Waals surface area contributed by atoms with Gasteiger partial charge in [-0.15, -0.1) is 0 Å². The SMILES string of the molecule is CC(C)Oc1ccc(-c2ccc3cnccc3n2)cn1. The Morgan fingerprint density at radius 2 is 1.90 bits per heavy atom. The fourth-order valence-corrected chi connectivity index (χ4v) is 1.97. The van der Waals surface area contributed by atoms with Crippen LogP contribution in [0.1, 0.15) is 13.8 Å². The minimum atomic E-state index is 0.125. The highest BCUT2D eigenvalue weighted by atomic mass is 16.5. The van der Waals surface area contributed by atoms with Crippen molar-refractivity contribution in [2.24, 2.45) is 0 Å². The van der Waals surface area contributed by atoms with Crippen molar-refractivity contribution in [3.8, 4) is 17.1 Å². The van der Waals surface area contributed by atoms with Crippen LogP contribution in [-0.4, -0.2) is 21.1 Å². The third-order valence-corrected chi connectivity index (χ3v) is 2.88. The van der Waals surface area contributed by atoms with Gasteiger partial charge in [-0.3, -0.25) is 4.98 Å². The van der Waals surface area contributed by atoms with Gasteiger partial charge >= 0.3 is 0 Å². The molecule has 3 rings (SSSR count). The first-order chi connectivity index (χ1) is 9.72. The van der Waals surface area contributed by atoms with E-state index in [9.17, 15) is 0 Å². The molecule has 3 aromatic rings. The van der Waals surface area contributed by atoms with Crippen molar-refractivity contribution in [3.63, 3.8) is 0 Å². The zero-order valence-corrected chi connectivity index (χ0v) is 11.4. The van der Waals surface area contributed by atoms with E-state index in [1.807, 2.05) is 50.4 Å². The van der Waals surface area contributed by atoms with Gasteiger partial charge in [0.25, 0.3) is 0 Å². The van der Waals surface area contributed by atoms with Crippen molar-refractivity contribution < 1.29 is 4.74 Å². The molecule has 0 aliphatic carbocycles. The Kier molecular flexibility index (Phi) is 3.29. The molecule has 4 nitrogen and oxygen atoms in total. The van der Waals surface area contributed by atoms with Gasteiger partial charge in [0.15, 0.2) is 0 Å². The number of hydrogen-bond acceptors (Lipinski definition) is 4. The van der Waals surface area contributed by atoms with Crippen LogP contribution < -0.4 is 4.74 Å². The molecule has 0 aliphatic heterocycles. The predicted octanol–water partition coefficient (Wildman–Crippen LogP) is 3.48. The summed E-state index contributed by atoms with van der Waals surface area (Å²) in [6, 6.07) is 9.74. The third kappa shape index (κ3) is 2.59. The van der Waals surface area contributed by atoms with Crippen LogP contribution >= 0.6 is 0 Å². The maximum Gasteiger partial charge on any atom is 0.213 e. The normalized spacial score (nSPS) is 10.9. The minimum Gasteiger partial charge on any atom is -0.475 e. The van der Waals surface area contributed by atoms with E-state index in [1.165, 1.54) is 0 Å². The lowest BCUT2D eigenvalue weighted by Crippen LogP contribution is -2.06. The fraction of sp³-hybridized carbons (Fsp3) is 0.188. The van der Waals surface area contributed by atoms with Gasteiger partial charge in [0, 0.05) is 35.6 Å². The lowest BCUT2D eigenvalue weighted by Gasteiger charge is -2.09. The Labute approximate surface area is 117 Å². The molecule has 0 atom stereocenters. The maximum atomic E-state index is 5.54.